The monoisotopic (exact) mass is 406 g/mol. The number of unbranched alkanes of at least 4 members (excludes halogenated alkanes) is 1. The standard InChI is InChI=1S/C29H26O2/c1-21-13-17-23(18-14-21)9-5-3-8-12-26-27(24-19-15-22(2)16-20-24)29(26,28(30)31)25-10-6-4-7-11-25/h4,6-7,10-11,13-20H,3,8,12H2,1-2H3,(H,30,31)/t29-/m1/s1. The minimum absolute atomic E-state index is 0.729. The third kappa shape index (κ3) is 4.05. The molecule has 1 aliphatic carbocycles. The van der Waals surface area contributed by atoms with Crippen molar-refractivity contribution in [2.45, 2.75) is 38.5 Å². The fraction of sp³-hybridized carbons (Fsp3) is 0.207. The van der Waals surface area contributed by atoms with E-state index in [1.54, 1.807) is 0 Å². The van der Waals surface area contributed by atoms with Crippen LogP contribution in [0.4, 0.5) is 0 Å². The smallest absolute Gasteiger partial charge is 0.322 e. The van der Waals surface area contributed by atoms with Gasteiger partial charge < -0.3 is 5.11 Å². The Bertz CT molecular complexity index is 1170. The van der Waals surface area contributed by atoms with Gasteiger partial charge in [0.1, 0.15) is 5.41 Å². The van der Waals surface area contributed by atoms with Gasteiger partial charge in [-0.3, -0.25) is 4.79 Å². The van der Waals surface area contributed by atoms with Crippen molar-refractivity contribution < 1.29 is 9.90 Å². The van der Waals surface area contributed by atoms with E-state index in [2.05, 4.69) is 30.9 Å². The number of aryl methyl sites for hydroxylation is 2. The number of hydrogen-bond donors (Lipinski definition) is 1. The molecule has 0 aliphatic heterocycles. The molecule has 0 aromatic heterocycles. The second kappa shape index (κ2) is 8.66. The lowest BCUT2D eigenvalue weighted by atomic mass is 9.85. The molecule has 0 fully saturated rings. The van der Waals surface area contributed by atoms with Crippen LogP contribution in [0.2, 0.25) is 0 Å². The van der Waals surface area contributed by atoms with E-state index in [0.29, 0.717) is 0 Å². The van der Waals surface area contributed by atoms with Gasteiger partial charge in [-0.15, -0.1) is 0 Å². The normalized spacial score (nSPS) is 17.1. The highest BCUT2D eigenvalue weighted by Crippen LogP contribution is 2.61. The minimum atomic E-state index is -1.01. The molecule has 4 rings (SSSR count). The van der Waals surface area contributed by atoms with E-state index in [-0.39, 0.29) is 0 Å². The van der Waals surface area contributed by atoms with E-state index >= 15 is 0 Å². The Morgan fingerprint density at radius 3 is 2.10 bits per heavy atom. The second-order valence-corrected chi connectivity index (χ2v) is 8.16. The maximum Gasteiger partial charge on any atom is 0.322 e. The summed E-state index contributed by atoms with van der Waals surface area (Å²) in [6.07, 6.45) is 2.31. The van der Waals surface area contributed by atoms with Crippen LogP contribution < -0.4 is 0 Å². The van der Waals surface area contributed by atoms with Crippen LogP contribution in [0, 0.1) is 25.7 Å². The zero-order chi connectivity index (χ0) is 21.8. The summed E-state index contributed by atoms with van der Waals surface area (Å²) in [6, 6.07) is 26.0. The summed E-state index contributed by atoms with van der Waals surface area (Å²) in [4.78, 5) is 12.6. The Balaban J connectivity index is 1.57. The van der Waals surface area contributed by atoms with Crippen LogP contribution in [0.25, 0.3) is 5.57 Å². The number of hydrogen-bond acceptors (Lipinski definition) is 1. The van der Waals surface area contributed by atoms with Gasteiger partial charge in [-0.25, -0.2) is 0 Å². The van der Waals surface area contributed by atoms with Crippen molar-refractivity contribution in [3.63, 3.8) is 0 Å². The second-order valence-electron chi connectivity index (χ2n) is 8.16. The maximum atomic E-state index is 12.6. The predicted molar refractivity (Wildman–Crippen MR) is 126 cm³/mol. The van der Waals surface area contributed by atoms with Crippen molar-refractivity contribution in [1.29, 1.82) is 0 Å². The molecular formula is C29H26O2. The van der Waals surface area contributed by atoms with E-state index in [0.717, 1.165) is 47.1 Å². The van der Waals surface area contributed by atoms with Gasteiger partial charge in [0.2, 0.25) is 0 Å². The van der Waals surface area contributed by atoms with Crippen LogP contribution >= 0.6 is 0 Å². The Hall–Kier alpha value is -3.57. The van der Waals surface area contributed by atoms with Crippen LogP contribution in [0.5, 0.6) is 0 Å². The molecule has 0 bridgehead atoms. The number of carboxylic acids is 1. The van der Waals surface area contributed by atoms with Gasteiger partial charge in [0.25, 0.3) is 0 Å². The van der Waals surface area contributed by atoms with E-state index in [1.165, 1.54) is 11.1 Å². The van der Waals surface area contributed by atoms with Crippen LogP contribution in [0.3, 0.4) is 0 Å². The third-order valence-electron chi connectivity index (χ3n) is 5.95. The maximum absolute atomic E-state index is 12.6. The number of rotatable bonds is 6. The molecule has 0 amide bonds. The lowest BCUT2D eigenvalue weighted by Crippen LogP contribution is -2.25. The molecule has 154 valence electrons. The molecule has 31 heavy (non-hydrogen) atoms. The fourth-order valence-electron chi connectivity index (χ4n) is 4.28. The lowest BCUT2D eigenvalue weighted by molar-refractivity contribution is -0.139. The molecule has 0 unspecified atom stereocenters. The van der Waals surface area contributed by atoms with Gasteiger partial charge in [0.05, 0.1) is 0 Å². The highest BCUT2D eigenvalue weighted by molar-refractivity contribution is 6.14. The molecule has 0 saturated carbocycles. The van der Waals surface area contributed by atoms with Crippen molar-refractivity contribution in [1.82, 2.24) is 0 Å². The Morgan fingerprint density at radius 2 is 1.48 bits per heavy atom. The Kier molecular flexibility index (Phi) is 5.78. The van der Waals surface area contributed by atoms with Crippen LogP contribution in [0.15, 0.2) is 84.4 Å². The van der Waals surface area contributed by atoms with E-state index < -0.39 is 11.4 Å². The van der Waals surface area contributed by atoms with Gasteiger partial charge in [-0.05, 0) is 61.1 Å². The average Bonchev–Trinajstić information content (AvgIpc) is 3.46. The van der Waals surface area contributed by atoms with Gasteiger partial charge in [-0.2, -0.15) is 0 Å². The fourth-order valence-corrected chi connectivity index (χ4v) is 4.28. The predicted octanol–water partition coefficient (Wildman–Crippen LogP) is 6.32. The molecular weight excluding hydrogens is 380 g/mol. The summed E-state index contributed by atoms with van der Waals surface area (Å²) in [5.41, 5.74) is 6.17. The lowest BCUT2D eigenvalue weighted by Gasteiger charge is -2.16. The van der Waals surface area contributed by atoms with E-state index in [1.807, 2.05) is 73.7 Å². The summed E-state index contributed by atoms with van der Waals surface area (Å²) in [5, 5.41) is 10.3. The average molecular weight is 407 g/mol. The topological polar surface area (TPSA) is 37.3 Å². The summed E-state index contributed by atoms with van der Waals surface area (Å²) in [6.45, 7) is 4.11. The molecule has 0 heterocycles. The largest absolute Gasteiger partial charge is 0.480 e. The first kappa shape index (κ1) is 20.7. The SMILES string of the molecule is Cc1ccc(C#CCCCC2=C(c3ccc(C)cc3)[C@@]2(C(=O)O)c2ccccc2)cc1. The molecule has 1 atom stereocenters. The zero-order valence-electron chi connectivity index (χ0n) is 18.0. The summed E-state index contributed by atoms with van der Waals surface area (Å²) >= 11 is 0. The molecule has 2 heteroatoms. The summed E-state index contributed by atoms with van der Waals surface area (Å²) < 4.78 is 0. The van der Waals surface area contributed by atoms with Crippen molar-refractivity contribution in [3.8, 4) is 11.8 Å². The molecule has 0 radical (unpaired) electrons. The molecule has 2 nitrogen and oxygen atoms in total. The van der Waals surface area contributed by atoms with Gasteiger partial charge in [0, 0.05) is 12.0 Å². The quantitative estimate of drug-likeness (QED) is 0.384. The van der Waals surface area contributed by atoms with Gasteiger partial charge in [-0.1, -0.05) is 89.7 Å². The van der Waals surface area contributed by atoms with Crippen molar-refractivity contribution in [2.75, 3.05) is 0 Å². The van der Waals surface area contributed by atoms with Crippen LogP contribution in [-0.2, 0) is 10.2 Å². The third-order valence-corrected chi connectivity index (χ3v) is 5.95. The van der Waals surface area contributed by atoms with Crippen molar-refractivity contribution in [2.24, 2.45) is 0 Å². The first-order valence-corrected chi connectivity index (χ1v) is 10.7. The molecule has 3 aromatic carbocycles. The van der Waals surface area contributed by atoms with Gasteiger partial charge >= 0.3 is 5.97 Å². The number of benzene rings is 3. The Labute approximate surface area is 184 Å². The minimum Gasteiger partial charge on any atom is -0.480 e. The molecule has 1 N–H and O–H groups in total. The van der Waals surface area contributed by atoms with Crippen molar-refractivity contribution in [3.05, 3.63) is 112 Å². The number of aliphatic carboxylic acids is 1. The molecule has 3 aromatic rings. The van der Waals surface area contributed by atoms with E-state index in [9.17, 15) is 9.90 Å². The van der Waals surface area contributed by atoms with Crippen LogP contribution in [0.1, 0.15) is 47.1 Å². The van der Waals surface area contributed by atoms with Gasteiger partial charge in [0.15, 0.2) is 0 Å². The van der Waals surface area contributed by atoms with E-state index in [4.69, 9.17) is 0 Å². The number of carboxylic acid groups (broad SMARTS) is 1. The highest BCUT2D eigenvalue weighted by Gasteiger charge is 2.60. The summed E-state index contributed by atoms with van der Waals surface area (Å²) in [7, 11) is 0. The Morgan fingerprint density at radius 1 is 0.871 bits per heavy atom. The molecule has 0 spiro atoms. The zero-order valence-corrected chi connectivity index (χ0v) is 18.0. The number of carbonyl (C=O) groups is 1. The molecule has 1 aliphatic rings. The first-order chi connectivity index (χ1) is 15.0. The van der Waals surface area contributed by atoms with Crippen LogP contribution in [-0.4, -0.2) is 11.1 Å². The summed E-state index contributed by atoms with van der Waals surface area (Å²) in [5.74, 6) is 5.65. The van der Waals surface area contributed by atoms with Crippen molar-refractivity contribution >= 4 is 11.5 Å². The highest BCUT2D eigenvalue weighted by atomic mass is 16.4. The molecule has 0 saturated heterocycles. The first-order valence-electron chi connectivity index (χ1n) is 10.7.